The Morgan fingerprint density at radius 3 is 2.19 bits per heavy atom. The van der Waals surface area contributed by atoms with Crippen molar-refractivity contribution in [3.63, 3.8) is 0 Å². The first-order valence-corrected chi connectivity index (χ1v) is 6.97. The van der Waals surface area contributed by atoms with E-state index in [1.165, 1.54) is 25.7 Å². The molecule has 2 nitrogen and oxygen atoms in total. The Kier molecular flexibility index (Phi) is 4.01. The van der Waals surface area contributed by atoms with E-state index in [-0.39, 0.29) is 5.41 Å². The summed E-state index contributed by atoms with van der Waals surface area (Å²) in [6.45, 7) is 4.24. The smallest absolute Gasteiger partial charge is 0.141 e. The Morgan fingerprint density at radius 1 is 1.06 bits per heavy atom. The molecule has 1 saturated heterocycles. The van der Waals surface area contributed by atoms with E-state index in [0.29, 0.717) is 11.7 Å². The van der Waals surface area contributed by atoms with Crippen LogP contribution in [-0.2, 0) is 4.79 Å². The number of hydrogen-bond acceptors (Lipinski definition) is 2. The van der Waals surface area contributed by atoms with Crippen molar-refractivity contribution in [3.05, 3.63) is 0 Å². The fraction of sp³-hybridized carbons (Fsp3) is 0.929. The molecule has 1 aliphatic heterocycles. The SMILES string of the molecule is CC1(C(=O)C2CCCCCC2)CCNCC1. The molecule has 0 radical (unpaired) electrons. The molecular formula is C14H25NO. The first kappa shape index (κ1) is 12.1. The number of hydrogen-bond donors (Lipinski definition) is 1. The monoisotopic (exact) mass is 223 g/mol. The molecule has 1 aliphatic carbocycles. The summed E-state index contributed by atoms with van der Waals surface area (Å²) < 4.78 is 0. The number of rotatable bonds is 2. The van der Waals surface area contributed by atoms with Crippen LogP contribution in [-0.4, -0.2) is 18.9 Å². The van der Waals surface area contributed by atoms with Crippen molar-refractivity contribution in [1.82, 2.24) is 5.32 Å². The van der Waals surface area contributed by atoms with Crippen molar-refractivity contribution in [3.8, 4) is 0 Å². The van der Waals surface area contributed by atoms with Gasteiger partial charge in [0.25, 0.3) is 0 Å². The van der Waals surface area contributed by atoms with Gasteiger partial charge in [-0.05, 0) is 38.8 Å². The van der Waals surface area contributed by atoms with E-state index in [1.807, 2.05) is 0 Å². The van der Waals surface area contributed by atoms with Crippen molar-refractivity contribution < 1.29 is 4.79 Å². The summed E-state index contributed by atoms with van der Waals surface area (Å²) in [7, 11) is 0. The maximum absolute atomic E-state index is 12.6. The van der Waals surface area contributed by atoms with Crippen LogP contribution in [0.3, 0.4) is 0 Å². The molecule has 92 valence electrons. The number of carbonyl (C=O) groups is 1. The summed E-state index contributed by atoms with van der Waals surface area (Å²) in [5, 5.41) is 3.36. The molecule has 0 aromatic carbocycles. The van der Waals surface area contributed by atoms with Gasteiger partial charge in [0.15, 0.2) is 0 Å². The van der Waals surface area contributed by atoms with E-state index >= 15 is 0 Å². The highest BCUT2D eigenvalue weighted by Crippen LogP contribution is 2.36. The molecule has 0 aromatic rings. The quantitative estimate of drug-likeness (QED) is 0.729. The van der Waals surface area contributed by atoms with Crippen molar-refractivity contribution in [2.45, 2.75) is 58.3 Å². The minimum absolute atomic E-state index is 0.0136. The zero-order valence-corrected chi connectivity index (χ0v) is 10.6. The van der Waals surface area contributed by atoms with Gasteiger partial charge in [-0.1, -0.05) is 32.6 Å². The van der Waals surface area contributed by atoms with Gasteiger partial charge in [0, 0.05) is 11.3 Å². The number of carbonyl (C=O) groups excluding carboxylic acids is 1. The third kappa shape index (κ3) is 2.65. The highest BCUT2D eigenvalue weighted by atomic mass is 16.1. The molecule has 1 heterocycles. The second kappa shape index (κ2) is 5.31. The van der Waals surface area contributed by atoms with Gasteiger partial charge >= 0.3 is 0 Å². The van der Waals surface area contributed by atoms with Crippen LogP contribution >= 0.6 is 0 Å². The molecule has 0 atom stereocenters. The lowest BCUT2D eigenvalue weighted by molar-refractivity contribution is -0.133. The second-order valence-corrected chi connectivity index (χ2v) is 5.86. The fourth-order valence-electron chi connectivity index (χ4n) is 3.26. The summed E-state index contributed by atoms with van der Waals surface area (Å²) >= 11 is 0. The second-order valence-electron chi connectivity index (χ2n) is 5.86. The van der Waals surface area contributed by atoms with Crippen molar-refractivity contribution in [1.29, 1.82) is 0 Å². The van der Waals surface area contributed by atoms with Gasteiger partial charge in [0.2, 0.25) is 0 Å². The lowest BCUT2D eigenvalue weighted by atomic mass is 9.71. The molecule has 0 amide bonds. The average molecular weight is 223 g/mol. The summed E-state index contributed by atoms with van der Waals surface area (Å²) in [6, 6.07) is 0. The minimum Gasteiger partial charge on any atom is -0.317 e. The number of Topliss-reactive ketones (excluding diaryl/α,β-unsaturated/α-hetero) is 1. The van der Waals surface area contributed by atoms with Crippen LogP contribution in [0, 0.1) is 11.3 Å². The topological polar surface area (TPSA) is 29.1 Å². The molecule has 2 fully saturated rings. The van der Waals surface area contributed by atoms with E-state index in [9.17, 15) is 4.79 Å². The Bertz CT molecular complexity index is 235. The Balaban J connectivity index is 1.98. The maximum Gasteiger partial charge on any atom is 0.141 e. The van der Waals surface area contributed by atoms with Gasteiger partial charge < -0.3 is 5.32 Å². The van der Waals surface area contributed by atoms with Crippen molar-refractivity contribution >= 4 is 5.78 Å². The highest BCUT2D eigenvalue weighted by Gasteiger charge is 2.38. The van der Waals surface area contributed by atoms with Crippen LogP contribution in [0.2, 0.25) is 0 Å². The van der Waals surface area contributed by atoms with Crippen molar-refractivity contribution in [2.24, 2.45) is 11.3 Å². The standard InChI is InChI=1S/C14H25NO/c1-14(8-10-15-11-9-14)13(16)12-6-4-2-3-5-7-12/h12,15H,2-11H2,1H3. The molecular weight excluding hydrogens is 198 g/mol. The molecule has 2 heteroatoms. The summed E-state index contributed by atoms with van der Waals surface area (Å²) in [5.41, 5.74) is -0.0136. The predicted octanol–water partition coefficient (Wildman–Crippen LogP) is 2.92. The first-order valence-electron chi connectivity index (χ1n) is 6.97. The summed E-state index contributed by atoms with van der Waals surface area (Å²) in [5.74, 6) is 0.960. The normalized spacial score (nSPS) is 27.3. The summed E-state index contributed by atoms with van der Waals surface area (Å²) in [4.78, 5) is 12.6. The zero-order chi connectivity index (χ0) is 11.4. The predicted molar refractivity (Wildman–Crippen MR) is 66.4 cm³/mol. The fourth-order valence-corrected chi connectivity index (χ4v) is 3.26. The van der Waals surface area contributed by atoms with Gasteiger partial charge in [0.05, 0.1) is 0 Å². The van der Waals surface area contributed by atoms with E-state index < -0.39 is 0 Å². The highest BCUT2D eigenvalue weighted by molar-refractivity contribution is 5.86. The summed E-state index contributed by atoms with van der Waals surface area (Å²) in [6.07, 6.45) is 9.61. The lowest BCUT2D eigenvalue weighted by Crippen LogP contribution is -2.42. The molecule has 0 spiro atoms. The van der Waals surface area contributed by atoms with Crippen LogP contribution in [0.1, 0.15) is 58.3 Å². The molecule has 0 unspecified atom stereocenters. The van der Waals surface area contributed by atoms with Crippen LogP contribution in [0.5, 0.6) is 0 Å². The average Bonchev–Trinajstić information content (AvgIpc) is 2.57. The van der Waals surface area contributed by atoms with Gasteiger partial charge in [0.1, 0.15) is 5.78 Å². The van der Waals surface area contributed by atoms with Crippen LogP contribution in [0.15, 0.2) is 0 Å². The number of piperidine rings is 1. The third-order valence-corrected chi connectivity index (χ3v) is 4.53. The Morgan fingerprint density at radius 2 is 1.62 bits per heavy atom. The van der Waals surface area contributed by atoms with Crippen LogP contribution in [0.25, 0.3) is 0 Å². The Labute approximate surface area is 99.2 Å². The third-order valence-electron chi connectivity index (χ3n) is 4.53. The minimum atomic E-state index is -0.0136. The molecule has 0 bridgehead atoms. The van der Waals surface area contributed by atoms with E-state index in [1.54, 1.807) is 0 Å². The Hall–Kier alpha value is -0.370. The van der Waals surface area contributed by atoms with Gasteiger partial charge in [-0.2, -0.15) is 0 Å². The number of nitrogens with one attached hydrogen (secondary N) is 1. The van der Waals surface area contributed by atoms with Gasteiger partial charge in [-0.15, -0.1) is 0 Å². The number of ketones is 1. The molecule has 1 N–H and O–H groups in total. The molecule has 0 aromatic heterocycles. The van der Waals surface area contributed by atoms with E-state index in [0.717, 1.165) is 38.8 Å². The van der Waals surface area contributed by atoms with E-state index in [4.69, 9.17) is 0 Å². The van der Waals surface area contributed by atoms with Gasteiger partial charge in [-0.3, -0.25) is 4.79 Å². The molecule has 2 aliphatic rings. The van der Waals surface area contributed by atoms with Crippen LogP contribution < -0.4 is 5.32 Å². The molecule has 16 heavy (non-hydrogen) atoms. The van der Waals surface area contributed by atoms with Gasteiger partial charge in [-0.25, -0.2) is 0 Å². The zero-order valence-electron chi connectivity index (χ0n) is 10.6. The maximum atomic E-state index is 12.6. The first-order chi connectivity index (χ1) is 7.72. The molecule has 1 saturated carbocycles. The largest absolute Gasteiger partial charge is 0.317 e. The van der Waals surface area contributed by atoms with Crippen molar-refractivity contribution in [2.75, 3.05) is 13.1 Å². The molecule has 2 rings (SSSR count). The van der Waals surface area contributed by atoms with E-state index in [2.05, 4.69) is 12.2 Å². The van der Waals surface area contributed by atoms with Crippen LogP contribution in [0.4, 0.5) is 0 Å². The lowest BCUT2D eigenvalue weighted by Gasteiger charge is -2.35.